The molecule has 0 aromatic heterocycles. The van der Waals surface area contributed by atoms with Crippen LogP contribution in [0.15, 0.2) is 12.1 Å². The van der Waals surface area contributed by atoms with Crippen molar-refractivity contribution in [2.45, 2.75) is 18.9 Å². The second-order valence-electron chi connectivity index (χ2n) is 7.37. The maximum Gasteiger partial charge on any atom is 0.262 e. The molecule has 0 bridgehead atoms. The van der Waals surface area contributed by atoms with Crippen LogP contribution in [0, 0.1) is 5.82 Å². The number of nitrogens with zero attached hydrogens (tertiary/aromatic N) is 3. The molecule has 0 radical (unpaired) electrons. The summed E-state index contributed by atoms with van der Waals surface area (Å²) < 4.78 is 14.8. The first-order chi connectivity index (χ1) is 14.3. The van der Waals surface area contributed by atoms with E-state index in [2.05, 4.69) is 5.32 Å². The highest BCUT2D eigenvalue weighted by molar-refractivity contribution is 6.23. The van der Waals surface area contributed by atoms with Gasteiger partial charge in [-0.2, -0.15) is 0 Å². The number of hydrogen-bond donors (Lipinski definition) is 2. The van der Waals surface area contributed by atoms with Gasteiger partial charge in [0.05, 0.1) is 23.4 Å². The number of piperidine rings is 1. The Morgan fingerprint density at radius 3 is 2.30 bits per heavy atom. The van der Waals surface area contributed by atoms with Crippen LogP contribution in [0.2, 0.25) is 0 Å². The van der Waals surface area contributed by atoms with E-state index in [0.717, 1.165) is 11.0 Å². The van der Waals surface area contributed by atoms with Crippen molar-refractivity contribution in [3.63, 3.8) is 0 Å². The van der Waals surface area contributed by atoms with E-state index in [1.54, 1.807) is 9.80 Å². The molecule has 1 aromatic rings. The molecule has 158 valence electrons. The van der Waals surface area contributed by atoms with Gasteiger partial charge in [0.2, 0.25) is 17.7 Å². The van der Waals surface area contributed by atoms with Crippen molar-refractivity contribution in [2.75, 3.05) is 37.6 Å². The number of anilines is 1. The van der Waals surface area contributed by atoms with Crippen LogP contribution in [0.1, 0.15) is 33.6 Å². The third kappa shape index (κ3) is 3.20. The topological polar surface area (TPSA) is 133 Å². The molecule has 0 saturated carbocycles. The van der Waals surface area contributed by atoms with Crippen LogP contribution in [0.5, 0.6) is 0 Å². The molecule has 3 heterocycles. The van der Waals surface area contributed by atoms with Crippen LogP contribution in [-0.4, -0.2) is 78.1 Å². The Morgan fingerprint density at radius 2 is 1.70 bits per heavy atom. The third-order valence-corrected chi connectivity index (χ3v) is 5.65. The summed E-state index contributed by atoms with van der Waals surface area (Å²) in [5, 5.41) is 2.12. The fourth-order valence-corrected chi connectivity index (χ4v) is 4.05. The summed E-state index contributed by atoms with van der Waals surface area (Å²) in [6.45, 7) is 1.32. The molecule has 0 spiro atoms. The van der Waals surface area contributed by atoms with Gasteiger partial charge >= 0.3 is 0 Å². The molecule has 11 heteroatoms. The summed E-state index contributed by atoms with van der Waals surface area (Å²) in [6, 6.07) is 1.22. The molecule has 5 amide bonds. The van der Waals surface area contributed by atoms with Gasteiger partial charge in [0.1, 0.15) is 11.9 Å². The van der Waals surface area contributed by atoms with Gasteiger partial charge in [-0.15, -0.1) is 0 Å². The molecule has 1 unspecified atom stereocenters. The number of fused-ring (bicyclic) bond motifs is 1. The number of benzene rings is 1. The minimum Gasteiger partial charge on any atom is -0.366 e. The van der Waals surface area contributed by atoms with Crippen molar-refractivity contribution in [2.24, 2.45) is 5.73 Å². The van der Waals surface area contributed by atoms with Crippen molar-refractivity contribution in [3.05, 3.63) is 29.1 Å². The Kier molecular flexibility index (Phi) is 4.98. The number of nitrogens with two attached hydrogens (primary N) is 1. The highest BCUT2D eigenvalue weighted by Crippen LogP contribution is 2.33. The van der Waals surface area contributed by atoms with E-state index in [0.29, 0.717) is 26.2 Å². The predicted molar refractivity (Wildman–Crippen MR) is 101 cm³/mol. The van der Waals surface area contributed by atoms with Gasteiger partial charge in [-0.05, 0) is 18.6 Å². The van der Waals surface area contributed by atoms with Gasteiger partial charge in [-0.3, -0.25) is 34.2 Å². The maximum atomic E-state index is 14.8. The van der Waals surface area contributed by atoms with Gasteiger partial charge in [0.25, 0.3) is 11.8 Å². The number of imide groups is 2. The summed E-state index contributed by atoms with van der Waals surface area (Å²) in [6.07, 6.45) is 0.0395. The normalized spacial score (nSPS) is 21.8. The molecule has 0 aliphatic carbocycles. The van der Waals surface area contributed by atoms with E-state index in [-0.39, 0.29) is 42.1 Å². The van der Waals surface area contributed by atoms with Gasteiger partial charge in [0.15, 0.2) is 0 Å². The summed E-state index contributed by atoms with van der Waals surface area (Å²) >= 11 is 0. The van der Waals surface area contributed by atoms with Crippen molar-refractivity contribution in [1.82, 2.24) is 15.1 Å². The molecular formula is C19H20FN5O5. The van der Waals surface area contributed by atoms with Crippen molar-refractivity contribution in [1.29, 1.82) is 0 Å². The van der Waals surface area contributed by atoms with E-state index < -0.39 is 35.5 Å². The number of hydrogen-bond acceptors (Lipinski definition) is 7. The second-order valence-corrected chi connectivity index (χ2v) is 7.37. The van der Waals surface area contributed by atoms with Crippen molar-refractivity contribution >= 4 is 35.2 Å². The van der Waals surface area contributed by atoms with E-state index in [9.17, 15) is 28.4 Å². The second kappa shape index (κ2) is 7.48. The van der Waals surface area contributed by atoms with Crippen LogP contribution in [-0.2, 0) is 14.4 Å². The van der Waals surface area contributed by atoms with E-state index in [1.807, 2.05) is 0 Å². The first-order valence-corrected chi connectivity index (χ1v) is 9.59. The number of rotatable bonds is 3. The van der Waals surface area contributed by atoms with Gasteiger partial charge in [-0.25, -0.2) is 4.39 Å². The third-order valence-electron chi connectivity index (χ3n) is 5.65. The van der Waals surface area contributed by atoms with Crippen LogP contribution in [0.25, 0.3) is 0 Å². The zero-order valence-electron chi connectivity index (χ0n) is 16.0. The van der Waals surface area contributed by atoms with E-state index in [4.69, 9.17) is 5.73 Å². The molecule has 3 aliphatic heterocycles. The zero-order chi connectivity index (χ0) is 21.6. The van der Waals surface area contributed by atoms with E-state index in [1.165, 1.54) is 6.07 Å². The number of halogens is 1. The predicted octanol–water partition coefficient (Wildman–Crippen LogP) is -1.17. The quantitative estimate of drug-likeness (QED) is 0.593. The number of carbonyl (C=O) groups is 5. The fraction of sp³-hybridized carbons (Fsp3) is 0.421. The smallest absolute Gasteiger partial charge is 0.262 e. The highest BCUT2D eigenvalue weighted by atomic mass is 19.1. The standard InChI is InChI=1S/C19H20FN5O5/c20-12-7-10-11(8-14(12)23-3-5-24(6-4-23)16(27)9-21)19(30)25(18(10)29)13-1-2-15(26)22-17(13)28/h7-8,13H,1-6,9,21H2,(H,22,26,28). The Bertz CT molecular complexity index is 972. The Balaban J connectivity index is 1.58. The summed E-state index contributed by atoms with van der Waals surface area (Å²) in [4.78, 5) is 64.9. The molecule has 1 atom stereocenters. The number of piperazine rings is 1. The van der Waals surface area contributed by atoms with Crippen LogP contribution < -0.4 is 16.0 Å². The fourth-order valence-electron chi connectivity index (χ4n) is 4.05. The van der Waals surface area contributed by atoms with Crippen LogP contribution in [0.3, 0.4) is 0 Å². The molecule has 30 heavy (non-hydrogen) atoms. The molecule has 4 rings (SSSR count). The van der Waals surface area contributed by atoms with E-state index >= 15 is 0 Å². The van der Waals surface area contributed by atoms with Gasteiger partial charge < -0.3 is 15.5 Å². The Hall–Kier alpha value is -3.34. The molecular weight excluding hydrogens is 397 g/mol. The Labute approximate surface area is 170 Å². The maximum absolute atomic E-state index is 14.8. The average molecular weight is 417 g/mol. The summed E-state index contributed by atoms with van der Waals surface area (Å²) in [5.74, 6) is -3.49. The summed E-state index contributed by atoms with van der Waals surface area (Å²) in [7, 11) is 0. The lowest BCUT2D eigenvalue weighted by Gasteiger charge is -2.36. The number of nitrogens with one attached hydrogen (secondary N) is 1. The van der Waals surface area contributed by atoms with Crippen molar-refractivity contribution < 1.29 is 28.4 Å². The number of amides is 5. The van der Waals surface area contributed by atoms with Crippen molar-refractivity contribution in [3.8, 4) is 0 Å². The SMILES string of the molecule is NCC(=O)N1CCN(c2cc3c(cc2F)C(=O)N(C2CCC(=O)NC2=O)C3=O)CC1. The molecule has 2 saturated heterocycles. The minimum absolute atomic E-state index is 0.00915. The van der Waals surface area contributed by atoms with Gasteiger partial charge in [0, 0.05) is 32.6 Å². The largest absolute Gasteiger partial charge is 0.366 e. The zero-order valence-corrected chi connectivity index (χ0v) is 16.0. The highest BCUT2D eigenvalue weighted by Gasteiger charge is 2.45. The van der Waals surface area contributed by atoms with Crippen LogP contribution >= 0.6 is 0 Å². The molecule has 10 nitrogen and oxygen atoms in total. The lowest BCUT2D eigenvalue weighted by molar-refractivity contribution is -0.136. The Morgan fingerprint density at radius 1 is 1.07 bits per heavy atom. The monoisotopic (exact) mass is 417 g/mol. The first-order valence-electron chi connectivity index (χ1n) is 9.59. The number of carbonyl (C=O) groups excluding carboxylic acids is 5. The first kappa shape index (κ1) is 20.0. The average Bonchev–Trinajstić information content (AvgIpc) is 2.97. The molecule has 1 aromatic carbocycles. The van der Waals surface area contributed by atoms with Crippen LogP contribution in [0.4, 0.5) is 10.1 Å². The lowest BCUT2D eigenvalue weighted by atomic mass is 10.0. The molecule has 3 N–H and O–H groups in total. The molecule has 3 aliphatic rings. The summed E-state index contributed by atoms with van der Waals surface area (Å²) in [5.41, 5.74) is 5.43. The minimum atomic E-state index is -1.10. The molecule has 2 fully saturated rings. The lowest BCUT2D eigenvalue weighted by Crippen LogP contribution is -2.54. The van der Waals surface area contributed by atoms with Gasteiger partial charge in [-0.1, -0.05) is 0 Å².